The SMILES string of the molecule is Cc1c(Cl)cccc1N(CC(=O)N(Cc1cccc(Cl)c1)C(Cc1ccccc1)C(=O)NC(C)C)S(=O)(=O)c1ccccc1. The average molecular weight is 653 g/mol. The van der Waals surface area contributed by atoms with Crippen molar-refractivity contribution in [1.29, 1.82) is 0 Å². The molecule has 7 nitrogen and oxygen atoms in total. The Morgan fingerprint density at radius 2 is 1.43 bits per heavy atom. The van der Waals surface area contributed by atoms with Crippen molar-refractivity contribution in [3.63, 3.8) is 0 Å². The number of hydrogen-bond acceptors (Lipinski definition) is 4. The summed E-state index contributed by atoms with van der Waals surface area (Å²) < 4.78 is 29.3. The third-order valence-electron chi connectivity index (χ3n) is 7.06. The van der Waals surface area contributed by atoms with E-state index in [2.05, 4.69) is 5.32 Å². The number of amides is 2. The Kier molecular flexibility index (Phi) is 11.1. The minimum absolute atomic E-state index is 0.0203. The van der Waals surface area contributed by atoms with E-state index in [0.29, 0.717) is 21.2 Å². The van der Waals surface area contributed by atoms with Crippen molar-refractivity contribution in [3.05, 3.63) is 130 Å². The van der Waals surface area contributed by atoms with E-state index in [1.165, 1.54) is 17.0 Å². The second kappa shape index (κ2) is 14.8. The van der Waals surface area contributed by atoms with Crippen molar-refractivity contribution in [2.75, 3.05) is 10.8 Å². The van der Waals surface area contributed by atoms with E-state index in [0.717, 1.165) is 9.87 Å². The highest BCUT2D eigenvalue weighted by Crippen LogP contribution is 2.31. The third kappa shape index (κ3) is 8.20. The number of nitrogens with one attached hydrogen (secondary N) is 1. The van der Waals surface area contributed by atoms with Gasteiger partial charge in [-0.05, 0) is 73.9 Å². The Labute approximate surface area is 269 Å². The van der Waals surface area contributed by atoms with E-state index in [1.807, 2.05) is 50.2 Å². The van der Waals surface area contributed by atoms with Crippen LogP contribution < -0.4 is 9.62 Å². The fourth-order valence-corrected chi connectivity index (χ4v) is 6.74. The normalized spacial score (nSPS) is 12.0. The Balaban J connectivity index is 1.83. The highest BCUT2D eigenvalue weighted by Gasteiger charge is 2.35. The summed E-state index contributed by atoms with van der Waals surface area (Å²) in [6, 6.07) is 28.1. The van der Waals surface area contributed by atoms with Gasteiger partial charge in [-0.15, -0.1) is 0 Å². The fraction of sp³-hybridized carbons (Fsp3) is 0.235. The summed E-state index contributed by atoms with van der Waals surface area (Å²) in [6.45, 7) is 4.84. The molecule has 2 amide bonds. The number of sulfonamides is 1. The monoisotopic (exact) mass is 651 g/mol. The fourth-order valence-electron chi connectivity index (χ4n) is 4.87. The molecule has 1 unspecified atom stereocenters. The number of anilines is 1. The number of carbonyl (C=O) groups is 2. The van der Waals surface area contributed by atoms with Gasteiger partial charge < -0.3 is 10.2 Å². The first-order valence-corrected chi connectivity index (χ1v) is 16.4. The first-order chi connectivity index (χ1) is 21.0. The topological polar surface area (TPSA) is 86.8 Å². The van der Waals surface area contributed by atoms with Crippen LogP contribution in [-0.2, 0) is 32.6 Å². The van der Waals surface area contributed by atoms with Crippen LogP contribution in [0.2, 0.25) is 10.0 Å². The Bertz CT molecular complexity index is 1700. The summed E-state index contributed by atoms with van der Waals surface area (Å²) in [5, 5.41) is 3.78. The van der Waals surface area contributed by atoms with Gasteiger partial charge in [-0.2, -0.15) is 0 Å². The van der Waals surface area contributed by atoms with Crippen molar-refractivity contribution >= 4 is 50.7 Å². The van der Waals surface area contributed by atoms with Crippen LogP contribution in [-0.4, -0.2) is 43.8 Å². The number of halogens is 2. The lowest BCUT2D eigenvalue weighted by molar-refractivity contribution is -0.140. The van der Waals surface area contributed by atoms with Gasteiger partial charge in [0.05, 0.1) is 10.6 Å². The van der Waals surface area contributed by atoms with E-state index in [-0.39, 0.29) is 35.5 Å². The molecule has 44 heavy (non-hydrogen) atoms. The van der Waals surface area contributed by atoms with Gasteiger partial charge in [0.2, 0.25) is 11.8 Å². The lowest BCUT2D eigenvalue weighted by atomic mass is 10.0. The van der Waals surface area contributed by atoms with Crippen molar-refractivity contribution in [1.82, 2.24) is 10.2 Å². The lowest BCUT2D eigenvalue weighted by Gasteiger charge is -2.34. The molecular weight excluding hydrogens is 617 g/mol. The predicted molar refractivity (Wildman–Crippen MR) is 176 cm³/mol. The standard InChI is InChI=1S/C34H35Cl2N3O4S/c1-24(2)37-34(41)32(21-26-12-6-4-7-13-26)38(22-27-14-10-15-28(35)20-27)33(40)23-39(31-19-11-18-30(36)25(31)3)44(42,43)29-16-8-5-9-17-29/h4-20,24,32H,21-23H2,1-3H3,(H,37,41). The Morgan fingerprint density at radius 3 is 2.07 bits per heavy atom. The van der Waals surface area contributed by atoms with E-state index < -0.39 is 28.5 Å². The van der Waals surface area contributed by atoms with Crippen LogP contribution in [0.4, 0.5) is 5.69 Å². The van der Waals surface area contributed by atoms with Crippen LogP contribution in [0, 0.1) is 6.92 Å². The maximum Gasteiger partial charge on any atom is 0.264 e. The van der Waals surface area contributed by atoms with Crippen molar-refractivity contribution < 1.29 is 18.0 Å². The quantitative estimate of drug-likeness (QED) is 0.186. The molecule has 0 aromatic heterocycles. The maximum atomic E-state index is 14.5. The van der Waals surface area contributed by atoms with E-state index in [4.69, 9.17) is 23.2 Å². The summed E-state index contributed by atoms with van der Waals surface area (Å²) in [6.07, 6.45) is 0.216. The van der Waals surface area contributed by atoms with Crippen LogP contribution in [0.25, 0.3) is 0 Å². The van der Waals surface area contributed by atoms with Crippen LogP contribution in [0.3, 0.4) is 0 Å². The number of benzene rings is 4. The molecule has 0 saturated carbocycles. The molecular formula is C34H35Cl2N3O4S. The van der Waals surface area contributed by atoms with E-state index in [9.17, 15) is 18.0 Å². The van der Waals surface area contributed by atoms with Crippen LogP contribution >= 0.6 is 23.2 Å². The lowest BCUT2D eigenvalue weighted by Crippen LogP contribution is -2.54. The molecule has 0 aliphatic heterocycles. The molecule has 0 bridgehead atoms. The van der Waals surface area contributed by atoms with Crippen LogP contribution in [0.15, 0.2) is 108 Å². The van der Waals surface area contributed by atoms with Gasteiger partial charge in [0, 0.05) is 29.1 Å². The van der Waals surface area contributed by atoms with Crippen molar-refractivity contribution in [3.8, 4) is 0 Å². The molecule has 1 atom stereocenters. The Morgan fingerprint density at radius 1 is 0.818 bits per heavy atom. The molecule has 0 aliphatic rings. The molecule has 1 N–H and O–H groups in total. The van der Waals surface area contributed by atoms with Gasteiger partial charge in [0.15, 0.2) is 0 Å². The molecule has 4 aromatic carbocycles. The first-order valence-electron chi connectivity index (χ1n) is 14.2. The van der Waals surface area contributed by atoms with Crippen LogP contribution in [0.5, 0.6) is 0 Å². The summed E-state index contributed by atoms with van der Waals surface area (Å²) in [5.41, 5.74) is 2.31. The molecule has 0 spiro atoms. The van der Waals surface area contributed by atoms with Gasteiger partial charge in [-0.1, -0.05) is 89.9 Å². The largest absolute Gasteiger partial charge is 0.352 e. The number of carbonyl (C=O) groups excluding carboxylic acids is 2. The Hall–Kier alpha value is -3.85. The van der Waals surface area contributed by atoms with E-state index in [1.54, 1.807) is 61.5 Å². The van der Waals surface area contributed by atoms with Crippen LogP contribution in [0.1, 0.15) is 30.5 Å². The van der Waals surface area contributed by atoms with Gasteiger partial charge in [0.1, 0.15) is 12.6 Å². The molecule has 0 radical (unpaired) electrons. The zero-order valence-electron chi connectivity index (χ0n) is 24.8. The molecule has 0 aliphatic carbocycles. The predicted octanol–water partition coefficient (Wildman–Crippen LogP) is 6.66. The second-order valence-electron chi connectivity index (χ2n) is 10.7. The molecule has 4 aromatic rings. The molecule has 0 fully saturated rings. The molecule has 230 valence electrons. The number of hydrogen-bond donors (Lipinski definition) is 1. The molecule has 0 saturated heterocycles. The molecule has 0 heterocycles. The van der Waals surface area contributed by atoms with Crippen molar-refractivity contribution in [2.24, 2.45) is 0 Å². The second-order valence-corrected chi connectivity index (χ2v) is 13.4. The summed E-state index contributed by atoms with van der Waals surface area (Å²) in [5.74, 6) is -0.917. The van der Waals surface area contributed by atoms with Gasteiger partial charge >= 0.3 is 0 Å². The first kappa shape index (κ1) is 33.1. The minimum atomic E-state index is -4.22. The third-order valence-corrected chi connectivity index (χ3v) is 9.48. The van der Waals surface area contributed by atoms with E-state index >= 15 is 0 Å². The molecule has 10 heteroatoms. The average Bonchev–Trinajstić information content (AvgIpc) is 2.99. The number of rotatable bonds is 12. The summed E-state index contributed by atoms with van der Waals surface area (Å²) in [4.78, 5) is 29.7. The smallest absolute Gasteiger partial charge is 0.264 e. The zero-order valence-corrected chi connectivity index (χ0v) is 27.1. The molecule has 4 rings (SSSR count). The maximum absolute atomic E-state index is 14.5. The highest BCUT2D eigenvalue weighted by atomic mass is 35.5. The summed E-state index contributed by atoms with van der Waals surface area (Å²) >= 11 is 12.7. The number of nitrogens with zero attached hydrogens (tertiary/aromatic N) is 2. The summed E-state index contributed by atoms with van der Waals surface area (Å²) in [7, 11) is -4.22. The van der Waals surface area contributed by atoms with Gasteiger partial charge in [-0.3, -0.25) is 13.9 Å². The highest BCUT2D eigenvalue weighted by molar-refractivity contribution is 7.92. The van der Waals surface area contributed by atoms with Crippen molar-refractivity contribution in [2.45, 2.75) is 50.7 Å². The van der Waals surface area contributed by atoms with Gasteiger partial charge in [-0.25, -0.2) is 8.42 Å². The zero-order chi connectivity index (χ0) is 31.9. The minimum Gasteiger partial charge on any atom is -0.352 e. The van der Waals surface area contributed by atoms with Gasteiger partial charge in [0.25, 0.3) is 10.0 Å².